The Bertz CT molecular complexity index is 508. The van der Waals surface area contributed by atoms with Crippen LogP contribution in [0.5, 0.6) is 0 Å². The number of nitrogens with zero attached hydrogens (tertiary/aromatic N) is 1. The highest BCUT2D eigenvalue weighted by Gasteiger charge is 2.18. The van der Waals surface area contributed by atoms with Gasteiger partial charge in [-0.15, -0.1) is 11.3 Å². The average Bonchev–Trinajstić information content (AvgIpc) is 2.64. The summed E-state index contributed by atoms with van der Waals surface area (Å²) in [7, 11) is 4.17. The van der Waals surface area contributed by atoms with E-state index in [1.165, 1.54) is 10.4 Å². The van der Waals surface area contributed by atoms with E-state index in [2.05, 4.69) is 52.4 Å². The van der Waals surface area contributed by atoms with Crippen molar-refractivity contribution >= 4 is 33.0 Å². The average molecular weight is 311 g/mol. The SMILES string of the molecule is CN(C)C(c1cccc(N)c1)c1cc(Br)cs1. The molecule has 0 saturated heterocycles. The predicted octanol–water partition coefficient (Wildman–Crippen LogP) is 3.74. The molecule has 90 valence electrons. The summed E-state index contributed by atoms with van der Waals surface area (Å²) < 4.78 is 1.13. The molecular formula is C13H15BrN2S. The van der Waals surface area contributed by atoms with Crippen LogP contribution in [0.3, 0.4) is 0 Å². The lowest BCUT2D eigenvalue weighted by Crippen LogP contribution is -2.20. The first-order valence-electron chi connectivity index (χ1n) is 5.33. The number of thiophene rings is 1. The van der Waals surface area contributed by atoms with Crippen molar-refractivity contribution in [2.75, 3.05) is 19.8 Å². The van der Waals surface area contributed by atoms with E-state index in [0.29, 0.717) is 0 Å². The fourth-order valence-electron chi connectivity index (χ4n) is 1.92. The fourth-order valence-corrected chi connectivity index (χ4v) is 3.58. The molecule has 1 aromatic carbocycles. The molecule has 2 rings (SSSR count). The molecule has 1 atom stereocenters. The second-order valence-electron chi connectivity index (χ2n) is 4.20. The number of nitrogen functional groups attached to an aromatic ring is 1. The number of rotatable bonds is 3. The molecule has 1 heterocycles. The first-order valence-corrected chi connectivity index (χ1v) is 7.01. The van der Waals surface area contributed by atoms with Gasteiger partial charge in [-0.1, -0.05) is 12.1 Å². The van der Waals surface area contributed by atoms with Crippen LogP contribution in [0.2, 0.25) is 0 Å². The maximum absolute atomic E-state index is 5.86. The highest BCUT2D eigenvalue weighted by Crippen LogP contribution is 2.33. The summed E-state index contributed by atoms with van der Waals surface area (Å²) in [4.78, 5) is 3.51. The Morgan fingerprint density at radius 3 is 2.59 bits per heavy atom. The maximum atomic E-state index is 5.86. The van der Waals surface area contributed by atoms with Crippen molar-refractivity contribution < 1.29 is 0 Å². The van der Waals surface area contributed by atoms with Crippen LogP contribution in [0.4, 0.5) is 5.69 Å². The van der Waals surface area contributed by atoms with E-state index in [1.807, 2.05) is 18.2 Å². The van der Waals surface area contributed by atoms with E-state index in [0.717, 1.165) is 10.2 Å². The Hall–Kier alpha value is -0.840. The molecule has 1 unspecified atom stereocenters. The number of halogens is 1. The third-order valence-electron chi connectivity index (χ3n) is 2.60. The van der Waals surface area contributed by atoms with Gasteiger partial charge in [-0.05, 0) is 53.8 Å². The van der Waals surface area contributed by atoms with Gasteiger partial charge in [-0.25, -0.2) is 0 Å². The highest BCUT2D eigenvalue weighted by atomic mass is 79.9. The van der Waals surface area contributed by atoms with E-state index in [4.69, 9.17) is 5.73 Å². The Balaban J connectivity index is 2.42. The number of hydrogen-bond donors (Lipinski definition) is 1. The maximum Gasteiger partial charge on any atom is 0.0692 e. The van der Waals surface area contributed by atoms with Crippen LogP contribution in [0.15, 0.2) is 40.2 Å². The highest BCUT2D eigenvalue weighted by molar-refractivity contribution is 9.10. The zero-order valence-corrected chi connectivity index (χ0v) is 12.3. The monoisotopic (exact) mass is 310 g/mol. The summed E-state index contributed by atoms with van der Waals surface area (Å²) in [6.45, 7) is 0. The molecule has 0 bridgehead atoms. The minimum Gasteiger partial charge on any atom is -0.399 e. The normalized spacial score (nSPS) is 12.9. The van der Waals surface area contributed by atoms with Crippen LogP contribution in [-0.2, 0) is 0 Å². The molecule has 17 heavy (non-hydrogen) atoms. The zero-order chi connectivity index (χ0) is 12.4. The third kappa shape index (κ3) is 2.89. The van der Waals surface area contributed by atoms with Crippen LogP contribution < -0.4 is 5.73 Å². The zero-order valence-electron chi connectivity index (χ0n) is 9.85. The van der Waals surface area contributed by atoms with E-state index >= 15 is 0 Å². The van der Waals surface area contributed by atoms with Gasteiger partial charge in [-0.3, -0.25) is 4.90 Å². The quantitative estimate of drug-likeness (QED) is 0.875. The molecule has 0 spiro atoms. The fraction of sp³-hybridized carbons (Fsp3) is 0.231. The lowest BCUT2D eigenvalue weighted by atomic mass is 10.0. The van der Waals surface area contributed by atoms with Crippen molar-refractivity contribution in [1.29, 1.82) is 0 Å². The number of nitrogens with two attached hydrogens (primary N) is 1. The van der Waals surface area contributed by atoms with E-state index in [1.54, 1.807) is 11.3 Å². The molecule has 2 aromatic rings. The van der Waals surface area contributed by atoms with Gasteiger partial charge < -0.3 is 5.73 Å². The summed E-state index contributed by atoms with van der Waals surface area (Å²) >= 11 is 5.26. The minimum absolute atomic E-state index is 0.259. The van der Waals surface area contributed by atoms with Crippen molar-refractivity contribution in [3.63, 3.8) is 0 Å². The molecular weight excluding hydrogens is 296 g/mol. The molecule has 1 aromatic heterocycles. The van der Waals surface area contributed by atoms with Gasteiger partial charge in [0.25, 0.3) is 0 Å². The number of hydrogen-bond acceptors (Lipinski definition) is 3. The van der Waals surface area contributed by atoms with Crippen LogP contribution in [0, 0.1) is 0 Å². The van der Waals surface area contributed by atoms with E-state index in [9.17, 15) is 0 Å². The van der Waals surface area contributed by atoms with Gasteiger partial charge in [-0.2, -0.15) is 0 Å². The molecule has 0 aliphatic heterocycles. The Labute approximate surface area is 114 Å². The first-order chi connectivity index (χ1) is 8.08. The van der Waals surface area contributed by atoms with Gasteiger partial charge in [0.15, 0.2) is 0 Å². The molecule has 0 fully saturated rings. The van der Waals surface area contributed by atoms with Crippen LogP contribution in [-0.4, -0.2) is 19.0 Å². The topological polar surface area (TPSA) is 29.3 Å². The Morgan fingerprint density at radius 2 is 2.06 bits per heavy atom. The largest absolute Gasteiger partial charge is 0.399 e. The Morgan fingerprint density at radius 1 is 1.29 bits per heavy atom. The van der Waals surface area contributed by atoms with Gasteiger partial charge in [0.05, 0.1) is 6.04 Å². The molecule has 0 saturated carbocycles. The lowest BCUT2D eigenvalue weighted by molar-refractivity contribution is 0.346. The molecule has 0 radical (unpaired) electrons. The van der Waals surface area contributed by atoms with E-state index in [-0.39, 0.29) is 6.04 Å². The van der Waals surface area contributed by atoms with Gasteiger partial charge in [0.1, 0.15) is 0 Å². The molecule has 0 aliphatic carbocycles. The van der Waals surface area contributed by atoms with Crippen molar-refractivity contribution in [2.24, 2.45) is 0 Å². The van der Waals surface area contributed by atoms with Crippen LogP contribution in [0.1, 0.15) is 16.5 Å². The minimum atomic E-state index is 0.259. The van der Waals surface area contributed by atoms with Crippen LogP contribution >= 0.6 is 27.3 Å². The number of anilines is 1. The molecule has 4 heteroatoms. The smallest absolute Gasteiger partial charge is 0.0692 e. The van der Waals surface area contributed by atoms with Crippen molar-refractivity contribution in [3.8, 4) is 0 Å². The summed E-state index contributed by atoms with van der Waals surface area (Å²) in [5, 5.41) is 2.11. The lowest BCUT2D eigenvalue weighted by Gasteiger charge is -2.23. The van der Waals surface area contributed by atoms with E-state index < -0.39 is 0 Å². The van der Waals surface area contributed by atoms with Gasteiger partial charge >= 0.3 is 0 Å². The molecule has 2 N–H and O–H groups in total. The predicted molar refractivity (Wildman–Crippen MR) is 78.4 cm³/mol. The summed E-state index contributed by atoms with van der Waals surface area (Å²) in [5.74, 6) is 0. The molecule has 0 aliphatic rings. The summed E-state index contributed by atoms with van der Waals surface area (Å²) in [6, 6.07) is 10.5. The van der Waals surface area contributed by atoms with Crippen molar-refractivity contribution in [3.05, 3.63) is 50.6 Å². The third-order valence-corrected chi connectivity index (χ3v) is 4.35. The summed E-state index contributed by atoms with van der Waals surface area (Å²) in [6.07, 6.45) is 0. The molecule has 2 nitrogen and oxygen atoms in total. The van der Waals surface area contributed by atoms with Gasteiger partial charge in [0, 0.05) is 20.4 Å². The Kier molecular flexibility index (Phi) is 3.86. The standard InChI is InChI=1S/C13H15BrN2S/c1-16(2)13(12-7-10(14)8-17-12)9-4-3-5-11(15)6-9/h3-8,13H,15H2,1-2H3. The molecule has 0 amide bonds. The second-order valence-corrected chi connectivity index (χ2v) is 6.06. The summed E-state index contributed by atoms with van der Waals surface area (Å²) in [5.41, 5.74) is 7.89. The van der Waals surface area contributed by atoms with Crippen LogP contribution in [0.25, 0.3) is 0 Å². The van der Waals surface area contributed by atoms with Crippen molar-refractivity contribution in [1.82, 2.24) is 4.90 Å². The van der Waals surface area contributed by atoms with Crippen molar-refractivity contribution in [2.45, 2.75) is 6.04 Å². The van der Waals surface area contributed by atoms with Gasteiger partial charge in [0.2, 0.25) is 0 Å². The first kappa shape index (κ1) is 12.6. The second kappa shape index (κ2) is 5.21. The number of benzene rings is 1.